The molecule has 0 aliphatic rings. The molecule has 0 rings (SSSR count). The maximum atomic E-state index is 11.0. The van der Waals surface area contributed by atoms with Crippen LogP contribution in [0.2, 0.25) is 0 Å². The molecule has 1 unspecified atom stereocenters. The van der Waals surface area contributed by atoms with Crippen LogP contribution in [0.1, 0.15) is 104 Å². The van der Waals surface area contributed by atoms with Crippen LogP contribution in [0.4, 0.5) is 0 Å². The van der Waals surface area contributed by atoms with Crippen molar-refractivity contribution < 1.29 is 9.90 Å². The van der Waals surface area contributed by atoms with Crippen LogP contribution in [-0.2, 0) is 4.79 Å². The molecule has 0 aromatic carbocycles. The Balaban J connectivity index is 4.35. The second kappa shape index (κ2) is 17.9. The van der Waals surface area contributed by atoms with Gasteiger partial charge in [0.25, 0.3) is 0 Å². The SMILES string of the molecule is CCCCCCCCC(CCCCC)CCCC(=CC(=O)O)CN=C(N)N. The van der Waals surface area contributed by atoms with Gasteiger partial charge < -0.3 is 16.6 Å². The maximum absolute atomic E-state index is 11.0. The molecule has 0 spiro atoms. The Morgan fingerprint density at radius 2 is 1.41 bits per heavy atom. The Morgan fingerprint density at radius 1 is 0.889 bits per heavy atom. The zero-order chi connectivity index (χ0) is 20.3. The molecule has 158 valence electrons. The van der Waals surface area contributed by atoms with Gasteiger partial charge >= 0.3 is 5.97 Å². The van der Waals surface area contributed by atoms with Crippen molar-refractivity contribution in [2.45, 2.75) is 104 Å². The first-order valence-electron chi connectivity index (χ1n) is 11.0. The number of guanidine groups is 1. The van der Waals surface area contributed by atoms with Gasteiger partial charge in [-0.25, -0.2) is 9.79 Å². The Hall–Kier alpha value is -1.52. The molecular formula is C22H43N3O2. The predicted octanol–water partition coefficient (Wildman–Crippen LogP) is 5.39. The minimum Gasteiger partial charge on any atom is -0.478 e. The lowest BCUT2D eigenvalue weighted by Crippen LogP contribution is -2.23. The lowest BCUT2D eigenvalue weighted by molar-refractivity contribution is -0.131. The van der Waals surface area contributed by atoms with Crippen molar-refractivity contribution in [1.82, 2.24) is 0 Å². The molecule has 27 heavy (non-hydrogen) atoms. The molecule has 0 aromatic rings. The summed E-state index contributed by atoms with van der Waals surface area (Å²) in [5, 5.41) is 9.02. The Morgan fingerprint density at radius 3 is 2.00 bits per heavy atom. The van der Waals surface area contributed by atoms with Crippen molar-refractivity contribution in [3.8, 4) is 0 Å². The standard InChI is InChI=1S/C22H43N3O2/c1-3-5-7-8-9-11-14-19(13-10-6-4-2)15-12-16-20(17-21(26)27)18-25-22(23)24/h17,19H,3-16,18H2,1-2H3,(H,26,27)(H4,23,24,25). The summed E-state index contributed by atoms with van der Waals surface area (Å²) in [5.41, 5.74) is 11.5. The van der Waals surface area contributed by atoms with Crippen molar-refractivity contribution in [3.63, 3.8) is 0 Å². The number of carboxylic acids is 1. The van der Waals surface area contributed by atoms with Crippen LogP contribution in [0.25, 0.3) is 0 Å². The highest BCUT2D eigenvalue weighted by molar-refractivity contribution is 5.81. The first kappa shape index (κ1) is 25.5. The second-order valence-electron chi connectivity index (χ2n) is 7.69. The third kappa shape index (κ3) is 17.6. The molecule has 0 radical (unpaired) electrons. The minimum atomic E-state index is -0.928. The number of carbonyl (C=O) groups is 1. The van der Waals surface area contributed by atoms with E-state index in [0.717, 1.165) is 30.8 Å². The highest BCUT2D eigenvalue weighted by atomic mass is 16.4. The van der Waals surface area contributed by atoms with Crippen LogP contribution in [-0.4, -0.2) is 23.6 Å². The summed E-state index contributed by atoms with van der Waals surface area (Å²) in [6.45, 7) is 4.78. The van der Waals surface area contributed by atoms with E-state index in [1.165, 1.54) is 76.7 Å². The van der Waals surface area contributed by atoms with Crippen molar-refractivity contribution in [2.75, 3.05) is 6.54 Å². The van der Waals surface area contributed by atoms with Crippen LogP contribution in [0.5, 0.6) is 0 Å². The van der Waals surface area contributed by atoms with Gasteiger partial charge in [-0.3, -0.25) is 0 Å². The predicted molar refractivity (Wildman–Crippen MR) is 116 cm³/mol. The summed E-state index contributed by atoms with van der Waals surface area (Å²) >= 11 is 0. The molecule has 0 aliphatic heterocycles. The topological polar surface area (TPSA) is 102 Å². The van der Waals surface area contributed by atoms with Gasteiger partial charge in [-0.15, -0.1) is 0 Å². The molecule has 0 saturated carbocycles. The van der Waals surface area contributed by atoms with E-state index in [1.54, 1.807) is 0 Å². The lowest BCUT2D eigenvalue weighted by atomic mass is 9.89. The fourth-order valence-corrected chi connectivity index (χ4v) is 3.51. The van der Waals surface area contributed by atoms with Gasteiger partial charge in [0.1, 0.15) is 0 Å². The summed E-state index contributed by atoms with van der Waals surface area (Å²) < 4.78 is 0. The van der Waals surface area contributed by atoms with Crippen molar-refractivity contribution in [3.05, 3.63) is 11.6 Å². The van der Waals surface area contributed by atoms with Crippen molar-refractivity contribution in [2.24, 2.45) is 22.4 Å². The van der Waals surface area contributed by atoms with Crippen LogP contribution >= 0.6 is 0 Å². The zero-order valence-corrected chi connectivity index (χ0v) is 17.7. The van der Waals surface area contributed by atoms with Crippen LogP contribution in [0, 0.1) is 5.92 Å². The van der Waals surface area contributed by atoms with E-state index in [4.69, 9.17) is 16.6 Å². The molecule has 0 fully saturated rings. The number of hydrogen-bond donors (Lipinski definition) is 3. The number of aliphatic carboxylic acids is 1. The molecular weight excluding hydrogens is 338 g/mol. The summed E-state index contributed by atoms with van der Waals surface area (Å²) in [7, 11) is 0. The molecule has 5 nitrogen and oxygen atoms in total. The number of unbranched alkanes of at least 4 members (excludes halogenated alkanes) is 7. The second-order valence-corrected chi connectivity index (χ2v) is 7.69. The van der Waals surface area contributed by atoms with E-state index in [1.807, 2.05) is 0 Å². The summed E-state index contributed by atoms with van der Waals surface area (Å²) in [5.74, 6) is -0.161. The fraction of sp³-hybridized carbons (Fsp3) is 0.818. The van der Waals surface area contributed by atoms with Gasteiger partial charge in [0.15, 0.2) is 5.96 Å². The monoisotopic (exact) mass is 381 g/mol. The zero-order valence-electron chi connectivity index (χ0n) is 17.7. The molecule has 0 aliphatic carbocycles. The number of aliphatic imine (C=N–C) groups is 1. The smallest absolute Gasteiger partial charge is 0.328 e. The number of carboxylic acid groups (broad SMARTS) is 1. The summed E-state index contributed by atoms with van der Waals surface area (Å²) in [6.07, 6.45) is 18.7. The van der Waals surface area contributed by atoms with Gasteiger partial charge in [0.2, 0.25) is 0 Å². The van der Waals surface area contributed by atoms with Gasteiger partial charge in [0.05, 0.1) is 6.54 Å². The largest absolute Gasteiger partial charge is 0.478 e. The molecule has 0 bridgehead atoms. The molecule has 5 N–H and O–H groups in total. The van der Waals surface area contributed by atoms with E-state index >= 15 is 0 Å². The van der Waals surface area contributed by atoms with E-state index in [0.29, 0.717) is 0 Å². The van der Waals surface area contributed by atoms with Crippen LogP contribution in [0.3, 0.4) is 0 Å². The number of nitrogens with zero attached hydrogens (tertiary/aromatic N) is 1. The Kier molecular flexibility index (Phi) is 16.9. The average molecular weight is 382 g/mol. The highest BCUT2D eigenvalue weighted by Gasteiger charge is 2.10. The van der Waals surface area contributed by atoms with Crippen LogP contribution < -0.4 is 11.5 Å². The highest BCUT2D eigenvalue weighted by Crippen LogP contribution is 2.24. The first-order chi connectivity index (χ1) is 13.0. The summed E-state index contributed by atoms with van der Waals surface area (Å²) in [4.78, 5) is 14.9. The number of rotatable bonds is 18. The van der Waals surface area contributed by atoms with E-state index in [-0.39, 0.29) is 12.5 Å². The fourth-order valence-electron chi connectivity index (χ4n) is 3.51. The van der Waals surface area contributed by atoms with Gasteiger partial charge in [0, 0.05) is 6.08 Å². The van der Waals surface area contributed by atoms with Gasteiger partial charge in [-0.05, 0) is 24.3 Å². The molecule has 0 aromatic heterocycles. The third-order valence-electron chi connectivity index (χ3n) is 5.08. The lowest BCUT2D eigenvalue weighted by Gasteiger charge is -2.17. The third-order valence-corrected chi connectivity index (χ3v) is 5.08. The summed E-state index contributed by atoms with van der Waals surface area (Å²) in [6, 6.07) is 0. The average Bonchev–Trinajstić information content (AvgIpc) is 2.61. The van der Waals surface area contributed by atoms with E-state index < -0.39 is 5.97 Å². The normalized spacial score (nSPS) is 12.7. The van der Waals surface area contributed by atoms with Gasteiger partial charge in [-0.1, -0.05) is 90.9 Å². The Labute approximate surface area is 166 Å². The molecule has 0 amide bonds. The quantitative estimate of drug-likeness (QED) is 0.128. The molecule has 0 saturated heterocycles. The van der Waals surface area contributed by atoms with Gasteiger partial charge in [-0.2, -0.15) is 0 Å². The van der Waals surface area contributed by atoms with Crippen molar-refractivity contribution >= 4 is 11.9 Å². The van der Waals surface area contributed by atoms with Crippen molar-refractivity contribution in [1.29, 1.82) is 0 Å². The molecule has 5 heteroatoms. The number of nitrogens with two attached hydrogens (primary N) is 2. The first-order valence-corrected chi connectivity index (χ1v) is 11.0. The Bertz CT molecular complexity index is 429. The molecule has 1 atom stereocenters. The van der Waals surface area contributed by atoms with E-state index in [9.17, 15) is 4.79 Å². The maximum Gasteiger partial charge on any atom is 0.328 e. The molecule has 0 heterocycles. The minimum absolute atomic E-state index is 0.00630. The van der Waals surface area contributed by atoms with Crippen LogP contribution in [0.15, 0.2) is 16.6 Å². The number of hydrogen-bond acceptors (Lipinski definition) is 2. The van der Waals surface area contributed by atoms with E-state index in [2.05, 4.69) is 18.8 Å².